The highest BCUT2D eigenvalue weighted by atomic mass is 79.9. The molecule has 0 spiro atoms. The summed E-state index contributed by atoms with van der Waals surface area (Å²) in [5.41, 5.74) is 1.00. The summed E-state index contributed by atoms with van der Waals surface area (Å²) in [6.07, 6.45) is 1.14. The molecule has 0 amide bonds. The van der Waals surface area contributed by atoms with Gasteiger partial charge in [0, 0.05) is 14.7 Å². The van der Waals surface area contributed by atoms with E-state index in [2.05, 4.69) is 40.1 Å². The maximum absolute atomic E-state index is 5.91. The first kappa shape index (κ1) is 13.2. The third-order valence-corrected chi connectivity index (χ3v) is 4.41. The fourth-order valence-electron chi connectivity index (χ4n) is 1.77. The van der Waals surface area contributed by atoms with Gasteiger partial charge >= 0.3 is 0 Å². The fourth-order valence-corrected chi connectivity index (χ4v) is 3.72. The first-order valence-corrected chi connectivity index (χ1v) is 7.56. The number of nitrogens with one attached hydrogen (secondary N) is 1. The lowest BCUT2D eigenvalue weighted by Crippen LogP contribution is -2.22. The zero-order valence-electron chi connectivity index (χ0n) is 9.71. The molecule has 1 aromatic carbocycles. The highest BCUT2D eigenvalue weighted by Gasteiger charge is 2.18. The number of nitrogens with zero attached hydrogens (tertiary/aromatic N) is 1. The maximum Gasteiger partial charge on any atom is 0.161 e. The van der Waals surface area contributed by atoms with E-state index in [1.807, 2.05) is 18.2 Å². The van der Waals surface area contributed by atoms with Crippen molar-refractivity contribution in [1.82, 2.24) is 0 Å². The van der Waals surface area contributed by atoms with Crippen LogP contribution in [0.3, 0.4) is 0 Å². The van der Waals surface area contributed by atoms with Crippen molar-refractivity contribution in [1.29, 1.82) is 0 Å². The minimum absolute atomic E-state index is 0.389. The molecule has 1 aliphatic rings. The van der Waals surface area contributed by atoms with Crippen LogP contribution in [0.5, 0.6) is 0 Å². The summed E-state index contributed by atoms with van der Waals surface area (Å²) in [6.45, 7) is 4.38. The molecular weight excluding hydrogens is 320 g/mol. The van der Waals surface area contributed by atoms with Gasteiger partial charge in [-0.3, -0.25) is 4.99 Å². The Morgan fingerprint density at radius 2 is 2.24 bits per heavy atom. The van der Waals surface area contributed by atoms with Gasteiger partial charge in [0.2, 0.25) is 0 Å². The molecule has 2 unspecified atom stereocenters. The fraction of sp³-hybridized carbons (Fsp3) is 0.417. The van der Waals surface area contributed by atoms with Crippen LogP contribution in [-0.4, -0.2) is 16.5 Å². The van der Waals surface area contributed by atoms with Gasteiger partial charge in [-0.25, -0.2) is 0 Å². The molecule has 1 aromatic rings. The summed E-state index contributed by atoms with van der Waals surface area (Å²) >= 11 is 11.2. The molecule has 0 aromatic heterocycles. The van der Waals surface area contributed by atoms with Gasteiger partial charge in [0.15, 0.2) is 5.17 Å². The van der Waals surface area contributed by atoms with Gasteiger partial charge in [-0.15, -0.1) is 0 Å². The van der Waals surface area contributed by atoms with Crippen LogP contribution in [-0.2, 0) is 0 Å². The van der Waals surface area contributed by atoms with Crippen LogP contribution in [0.4, 0.5) is 5.69 Å². The first-order valence-electron chi connectivity index (χ1n) is 5.51. The number of thioether (sulfide) groups is 1. The zero-order valence-corrected chi connectivity index (χ0v) is 12.9. The molecule has 1 N–H and O–H groups in total. The van der Waals surface area contributed by atoms with E-state index in [1.165, 1.54) is 0 Å². The second kappa shape index (κ2) is 5.63. The van der Waals surface area contributed by atoms with E-state index in [4.69, 9.17) is 11.6 Å². The van der Waals surface area contributed by atoms with Crippen molar-refractivity contribution in [3.63, 3.8) is 0 Å². The molecule has 0 aliphatic carbocycles. The second-order valence-electron chi connectivity index (χ2n) is 4.20. The summed E-state index contributed by atoms with van der Waals surface area (Å²) in [4.78, 5) is 4.61. The minimum atomic E-state index is 0.389. The average Bonchev–Trinajstić information content (AvgIpc) is 2.21. The van der Waals surface area contributed by atoms with Crippen LogP contribution < -0.4 is 5.32 Å². The number of rotatable bonds is 1. The van der Waals surface area contributed by atoms with Crippen LogP contribution in [0.25, 0.3) is 0 Å². The van der Waals surface area contributed by atoms with E-state index in [0.717, 1.165) is 26.8 Å². The third kappa shape index (κ3) is 3.63. The number of halogens is 2. The van der Waals surface area contributed by atoms with E-state index in [9.17, 15) is 0 Å². The number of aliphatic imine (C=N–C) groups is 1. The SMILES string of the molecule is CC1CC(C)SC(Nc2ccc(Cl)cc2Br)=N1. The lowest BCUT2D eigenvalue weighted by molar-refractivity contribution is 0.661. The maximum atomic E-state index is 5.91. The third-order valence-electron chi connectivity index (χ3n) is 2.50. The number of hydrogen-bond donors (Lipinski definition) is 1. The molecule has 2 rings (SSSR count). The molecule has 0 radical (unpaired) electrons. The summed E-state index contributed by atoms with van der Waals surface area (Å²) in [6, 6.07) is 6.10. The number of amidine groups is 1. The highest BCUT2D eigenvalue weighted by molar-refractivity contribution is 9.10. The highest BCUT2D eigenvalue weighted by Crippen LogP contribution is 2.30. The van der Waals surface area contributed by atoms with Crippen LogP contribution in [0.15, 0.2) is 27.7 Å². The van der Waals surface area contributed by atoms with Crippen molar-refractivity contribution < 1.29 is 0 Å². The molecular formula is C12H14BrClN2S. The van der Waals surface area contributed by atoms with Crippen molar-refractivity contribution in [2.24, 2.45) is 4.99 Å². The zero-order chi connectivity index (χ0) is 12.4. The smallest absolute Gasteiger partial charge is 0.161 e. The molecule has 2 nitrogen and oxygen atoms in total. The lowest BCUT2D eigenvalue weighted by Gasteiger charge is -2.23. The molecule has 0 fully saturated rings. The van der Waals surface area contributed by atoms with Gasteiger partial charge in [-0.05, 0) is 47.5 Å². The Bertz CT molecular complexity index is 450. The largest absolute Gasteiger partial charge is 0.334 e. The Morgan fingerprint density at radius 3 is 2.88 bits per heavy atom. The van der Waals surface area contributed by atoms with E-state index < -0.39 is 0 Å². The number of anilines is 1. The monoisotopic (exact) mass is 332 g/mol. The topological polar surface area (TPSA) is 24.4 Å². The van der Waals surface area contributed by atoms with E-state index in [-0.39, 0.29) is 0 Å². The minimum Gasteiger partial charge on any atom is -0.334 e. The van der Waals surface area contributed by atoms with Gasteiger partial charge in [-0.2, -0.15) is 0 Å². The lowest BCUT2D eigenvalue weighted by atomic mass is 10.2. The molecule has 1 aliphatic heterocycles. The predicted molar refractivity (Wildman–Crippen MR) is 81.3 cm³/mol. The summed E-state index contributed by atoms with van der Waals surface area (Å²) in [5.74, 6) is 0. The van der Waals surface area contributed by atoms with Gasteiger partial charge in [0.25, 0.3) is 0 Å². The van der Waals surface area contributed by atoms with Crippen molar-refractivity contribution >= 4 is 50.1 Å². The van der Waals surface area contributed by atoms with Crippen molar-refractivity contribution in [3.05, 3.63) is 27.7 Å². The first-order chi connectivity index (χ1) is 8.04. The van der Waals surface area contributed by atoms with Crippen molar-refractivity contribution in [2.75, 3.05) is 5.32 Å². The van der Waals surface area contributed by atoms with Crippen LogP contribution >= 0.6 is 39.3 Å². The Kier molecular flexibility index (Phi) is 4.39. The van der Waals surface area contributed by atoms with Gasteiger partial charge in [0.1, 0.15) is 0 Å². The standard InChI is InChI=1S/C12H14BrClN2S/c1-7-5-8(2)17-12(15-7)16-11-4-3-9(14)6-10(11)13/h3-4,6-8H,5H2,1-2H3,(H,15,16). The molecule has 2 atom stereocenters. The summed E-state index contributed by atoms with van der Waals surface area (Å²) in [5, 5.41) is 5.66. The van der Waals surface area contributed by atoms with Crippen molar-refractivity contribution in [3.8, 4) is 0 Å². The number of benzene rings is 1. The van der Waals surface area contributed by atoms with Gasteiger partial charge < -0.3 is 5.32 Å². The van der Waals surface area contributed by atoms with E-state index in [0.29, 0.717) is 11.3 Å². The Morgan fingerprint density at radius 1 is 1.47 bits per heavy atom. The Hall–Kier alpha value is -0.190. The van der Waals surface area contributed by atoms with Crippen LogP contribution in [0, 0.1) is 0 Å². The predicted octanol–water partition coefficient (Wildman–Crippen LogP) is 4.78. The Labute approximate surface area is 119 Å². The van der Waals surface area contributed by atoms with Crippen LogP contribution in [0.1, 0.15) is 20.3 Å². The normalized spacial score (nSPS) is 24.4. The van der Waals surface area contributed by atoms with Gasteiger partial charge in [-0.1, -0.05) is 30.3 Å². The molecule has 17 heavy (non-hydrogen) atoms. The quantitative estimate of drug-likeness (QED) is 0.799. The molecule has 5 heteroatoms. The average molecular weight is 334 g/mol. The van der Waals surface area contributed by atoms with Crippen molar-refractivity contribution in [2.45, 2.75) is 31.6 Å². The van der Waals surface area contributed by atoms with E-state index >= 15 is 0 Å². The molecule has 0 saturated carbocycles. The van der Waals surface area contributed by atoms with Crippen LogP contribution in [0.2, 0.25) is 5.02 Å². The second-order valence-corrected chi connectivity index (χ2v) is 6.91. The summed E-state index contributed by atoms with van der Waals surface area (Å²) < 4.78 is 0.958. The summed E-state index contributed by atoms with van der Waals surface area (Å²) in [7, 11) is 0. The molecule has 0 saturated heterocycles. The Balaban J connectivity index is 2.15. The van der Waals surface area contributed by atoms with E-state index in [1.54, 1.807) is 11.8 Å². The molecule has 1 heterocycles. The number of hydrogen-bond acceptors (Lipinski definition) is 3. The molecule has 92 valence electrons. The van der Waals surface area contributed by atoms with Gasteiger partial charge in [0.05, 0.1) is 11.7 Å². The molecule has 0 bridgehead atoms.